The molecule has 0 atom stereocenters. The average molecular weight is 343 g/mol. The second-order valence-corrected chi connectivity index (χ2v) is 6.47. The van der Waals surface area contributed by atoms with Crippen molar-refractivity contribution < 1.29 is 5.11 Å². The molecule has 0 amide bonds. The summed E-state index contributed by atoms with van der Waals surface area (Å²) in [5.74, 6) is 1.09. The molecule has 3 nitrogen and oxygen atoms in total. The number of aliphatic hydroxyl groups is 1. The normalized spacial score (nSPS) is 11.3. The van der Waals surface area contributed by atoms with Crippen molar-refractivity contribution in [1.29, 1.82) is 0 Å². The molecule has 0 unspecified atom stereocenters. The second kappa shape index (κ2) is 7.82. The lowest BCUT2D eigenvalue weighted by molar-refractivity contribution is 0.300. The zero-order valence-electron chi connectivity index (χ0n) is 14.0. The van der Waals surface area contributed by atoms with E-state index in [1.807, 2.05) is 24.3 Å². The number of fused-ring (bicyclic) bond motifs is 1. The van der Waals surface area contributed by atoms with Gasteiger partial charge in [-0.1, -0.05) is 55.3 Å². The smallest absolute Gasteiger partial charge is 0.110 e. The number of imidazole rings is 1. The summed E-state index contributed by atoms with van der Waals surface area (Å²) in [7, 11) is 0. The third-order valence-corrected chi connectivity index (χ3v) is 4.72. The predicted octanol–water partition coefficient (Wildman–Crippen LogP) is 4.62. The van der Waals surface area contributed by atoms with Crippen molar-refractivity contribution in [2.24, 2.45) is 0 Å². The summed E-state index contributed by atoms with van der Waals surface area (Å²) in [5, 5.41) is 10.2. The zero-order valence-corrected chi connectivity index (χ0v) is 14.8. The Morgan fingerprint density at radius 3 is 2.58 bits per heavy atom. The number of aryl methyl sites for hydroxylation is 1. The van der Waals surface area contributed by atoms with Gasteiger partial charge in [0.05, 0.1) is 17.6 Å². The summed E-state index contributed by atoms with van der Waals surface area (Å²) in [6, 6.07) is 14.1. The highest BCUT2D eigenvalue weighted by molar-refractivity contribution is 6.31. The third kappa shape index (κ3) is 3.47. The lowest BCUT2D eigenvalue weighted by Gasteiger charge is -2.13. The van der Waals surface area contributed by atoms with Crippen LogP contribution in [0.4, 0.5) is 0 Å². The van der Waals surface area contributed by atoms with Crippen LogP contribution in [-0.2, 0) is 19.4 Å². The number of unbranched alkanes of at least 4 members (excludes halogenated alkanes) is 1. The minimum Gasteiger partial charge on any atom is -0.396 e. The summed E-state index contributed by atoms with van der Waals surface area (Å²) in [6.45, 7) is 3.04. The largest absolute Gasteiger partial charge is 0.396 e. The van der Waals surface area contributed by atoms with Crippen LogP contribution in [0, 0.1) is 0 Å². The number of benzene rings is 2. The Balaban J connectivity index is 2.12. The van der Waals surface area contributed by atoms with Crippen LogP contribution in [0.3, 0.4) is 0 Å². The Bertz CT molecular complexity index is 826. The Hall–Kier alpha value is -1.84. The SMILES string of the molecule is CCCCc1nc2cccc(CCO)c2n1Cc1ccccc1Cl. The molecule has 0 fully saturated rings. The highest BCUT2D eigenvalue weighted by Crippen LogP contribution is 2.25. The minimum absolute atomic E-state index is 0.140. The first-order chi connectivity index (χ1) is 11.7. The summed E-state index contributed by atoms with van der Waals surface area (Å²) in [5.41, 5.74) is 4.35. The van der Waals surface area contributed by atoms with Crippen LogP contribution in [-0.4, -0.2) is 21.3 Å². The zero-order chi connectivity index (χ0) is 16.9. The maximum Gasteiger partial charge on any atom is 0.110 e. The summed E-state index contributed by atoms with van der Waals surface area (Å²) in [6.07, 6.45) is 3.84. The number of para-hydroxylation sites is 1. The van der Waals surface area contributed by atoms with Gasteiger partial charge < -0.3 is 9.67 Å². The van der Waals surface area contributed by atoms with E-state index in [9.17, 15) is 5.11 Å². The lowest BCUT2D eigenvalue weighted by Crippen LogP contribution is -2.07. The van der Waals surface area contributed by atoms with Crippen LogP contribution in [0.2, 0.25) is 5.02 Å². The molecule has 0 saturated heterocycles. The number of hydrogen-bond donors (Lipinski definition) is 1. The van der Waals surface area contributed by atoms with Crippen LogP contribution in [0.25, 0.3) is 11.0 Å². The van der Waals surface area contributed by atoms with E-state index in [4.69, 9.17) is 16.6 Å². The van der Waals surface area contributed by atoms with Gasteiger partial charge in [0.2, 0.25) is 0 Å². The molecule has 0 bridgehead atoms. The molecule has 0 saturated carbocycles. The Kier molecular flexibility index (Phi) is 5.54. The molecule has 24 heavy (non-hydrogen) atoms. The molecular formula is C20H23ClN2O. The molecule has 0 aliphatic carbocycles. The summed E-state index contributed by atoms with van der Waals surface area (Å²) in [4.78, 5) is 4.86. The van der Waals surface area contributed by atoms with E-state index in [1.54, 1.807) is 0 Å². The van der Waals surface area contributed by atoms with E-state index < -0.39 is 0 Å². The van der Waals surface area contributed by atoms with Crippen LogP contribution >= 0.6 is 11.6 Å². The number of nitrogens with zero attached hydrogens (tertiary/aromatic N) is 2. The van der Waals surface area contributed by atoms with Crippen molar-refractivity contribution >= 4 is 22.6 Å². The number of aromatic nitrogens is 2. The molecule has 1 N–H and O–H groups in total. The van der Waals surface area contributed by atoms with Gasteiger partial charge in [-0.3, -0.25) is 0 Å². The minimum atomic E-state index is 0.140. The fraction of sp³-hybridized carbons (Fsp3) is 0.350. The Morgan fingerprint density at radius 1 is 1.04 bits per heavy atom. The van der Waals surface area contributed by atoms with Gasteiger partial charge in [0.15, 0.2) is 0 Å². The molecule has 4 heteroatoms. The monoisotopic (exact) mass is 342 g/mol. The van der Waals surface area contributed by atoms with E-state index in [-0.39, 0.29) is 6.61 Å². The van der Waals surface area contributed by atoms with Gasteiger partial charge in [0, 0.05) is 18.1 Å². The molecule has 0 aliphatic heterocycles. The van der Waals surface area contributed by atoms with Crippen molar-refractivity contribution in [3.8, 4) is 0 Å². The first-order valence-corrected chi connectivity index (χ1v) is 8.93. The predicted molar refractivity (Wildman–Crippen MR) is 99.7 cm³/mol. The molecule has 126 valence electrons. The van der Waals surface area contributed by atoms with Crippen molar-refractivity contribution in [1.82, 2.24) is 9.55 Å². The van der Waals surface area contributed by atoms with Crippen molar-refractivity contribution in [2.75, 3.05) is 6.61 Å². The van der Waals surface area contributed by atoms with E-state index >= 15 is 0 Å². The van der Waals surface area contributed by atoms with E-state index in [1.165, 1.54) is 0 Å². The molecule has 0 radical (unpaired) electrons. The first kappa shape index (κ1) is 17.0. The quantitative estimate of drug-likeness (QED) is 0.680. The van der Waals surface area contributed by atoms with Gasteiger partial charge in [-0.2, -0.15) is 0 Å². The van der Waals surface area contributed by atoms with E-state index in [2.05, 4.69) is 29.7 Å². The highest BCUT2D eigenvalue weighted by atomic mass is 35.5. The summed E-state index contributed by atoms with van der Waals surface area (Å²) < 4.78 is 2.28. The van der Waals surface area contributed by atoms with E-state index in [0.29, 0.717) is 13.0 Å². The van der Waals surface area contributed by atoms with Crippen molar-refractivity contribution in [3.63, 3.8) is 0 Å². The first-order valence-electron chi connectivity index (χ1n) is 8.55. The molecule has 3 rings (SSSR count). The van der Waals surface area contributed by atoms with Gasteiger partial charge in [0.1, 0.15) is 5.82 Å². The molecular weight excluding hydrogens is 320 g/mol. The van der Waals surface area contributed by atoms with Gasteiger partial charge in [-0.25, -0.2) is 4.98 Å². The standard InChI is InChI=1S/C20H23ClN2O/c1-2-3-11-19-22-18-10-6-8-15(12-13-24)20(18)23(19)14-16-7-4-5-9-17(16)21/h4-10,24H,2-3,11-14H2,1H3. The van der Waals surface area contributed by atoms with Crippen molar-refractivity contribution in [3.05, 3.63) is 64.4 Å². The second-order valence-electron chi connectivity index (χ2n) is 6.07. The molecule has 2 aromatic carbocycles. The molecule has 0 aliphatic rings. The highest BCUT2D eigenvalue weighted by Gasteiger charge is 2.15. The topological polar surface area (TPSA) is 38.1 Å². The Labute approximate surface area is 147 Å². The van der Waals surface area contributed by atoms with Gasteiger partial charge in [-0.05, 0) is 36.1 Å². The maximum atomic E-state index is 9.40. The van der Waals surface area contributed by atoms with Gasteiger partial charge in [-0.15, -0.1) is 0 Å². The molecule has 0 spiro atoms. The Morgan fingerprint density at radius 2 is 1.83 bits per heavy atom. The fourth-order valence-electron chi connectivity index (χ4n) is 3.12. The summed E-state index contributed by atoms with van der Waals surface area (Å²) >= 11 is 6.38. The molecule has 1 aromatic heterocycles. The van der Waals surface area contributed by atoms with Crippen LogP contribution < -0.4 is 0 Å². The molecule has 3 aromatic rings. The fourth-order valence-corrected chi connectivity index (χ4v) is 3.32. The van der Waals surface area contributed by atoms with Crippen LogP contribution in [0.5, 0.6) is 0 Å². The lowest BCUT2D eigenvalue weighted by atomic mass is 10.1. The molecule has 1 heterocycles. The van der Waals surface area contributed by atoms with Gasteiger partial charge >= 0.3 is 0 Å². The number of halogens is 1. The van der Waals surface area contributed by atoms with Crippen LogP contribution in [0.1, 0.15) is 36.7 Å². The van der Waals surface area contributed by atoms with Crippen molar-refractivity contribution in [2.45, 2.75) is 39.2 Å². The number of hydrogen-bond acceptors (Lipinski definition) is 2. The average Bonchev–Trinajstić information content (AvgIpc) is 2.94. The number of aliphatic hydroxyl groups excluding tert-OH is 1. The van der Waals surface area contributed by atoms with Gasteiger partial charge in [0.25, 0.3) is 0 Å². The number of rotatable bonds is 7. The van der Waals surface area contributed by atoms with E-state index in [0.717, 1.165) is 52.3 Å². The third-order valence-electron chi connectivity index (χ3n) is 4.35. The van der Waals surface area contributed by atoms with Crippen LogP contribution in [0.15, 0.2) is 42.5 Å². The maximum absolute atomic E-state index is 9.40.